The summed E-state index contributed by atoms with van der Waals surface area (Å²) < 4.78 is 28.3. The molecule has 2 heterocycles. The number of hydrogen-bond donors (Lipinski definition) is 2. The van der Waals surface area contributed by atoms with Crippen molar-refractivity contribution in [2.75, 3.05) is 13.1 Å². The normalized spacial score (nSPS) is 20.3. The molecular formula is C20H29ClN4O5S2. The molecule has 0 aliphatic carbocycles. The van der Waals surface area contributed by atoms with E-state index < -0.39 is 39.8 Å². The fourth-order valence-corrected chi connectivity index (χ4v) is 6.04. The number of nitrogens with zero attached hydrogens (tertiary/aromatic N) is 2. The first-order valence-electron chi connectivity index (χ1n) is 10.2. The quantitative estimate of drug-likeness (QED) is 0.501. The molecule has 0 saturated carbocycles. The number of primary amides is 1. The van der Waals surface area contributed by atoms with Gasteiger partial charge in [0.25, 0.3) is 0 Å². The van der Waals surface area contributed by atoms with Crippen LogP contribution in [0.1, 0.15) is 45.4 Å². The molecule has 1 aliphatic heterocycles. The van der Waals surface area contributed by atoms with Gasteiger partial charge < -0.3 is 15.5 Å². The fraction of sp³-hybridized carbons (Fsp3) is 0.550. The van der Waals surface area contributed by atoms with E-state index in [9.17, 15) is 22.8 Å². The first-order chi connectivity index (χ1) is 14.8. The summed E-state index contributed by atoms with van der Waals surface area (Å²) in [4.78, 5) is 41.5. The highest BCUT2D eigenvalue weighted by molar-refractivity contribution is 7.92. The second-order valence-electron chi connectivity index (χ2n) is 7.96. The van der Waals surface area contributed by atoms with Gasteiger partial charge in [0, 0.05) is 29.4 Å². The number of hydrogen-bond acceptors (Lipinski definition) is 6. The number of nitrogens with two attached hydrogens (primary N) is 1. The van der Waals surface area contributed by atoms with E-state index in [0.717, 1.165) is 5.41 Å². The average molecular weight is 505 g/mol. The van der Waals surface area contributed by atoms with Gasteiger partial charge in [-0.1, -0.05) is 11.6 Å². The molecular weight excluding hydrogens is 476 g/mol. The van der Waals surface area contributed by atoms with Crippen LogP contribution in [-0.2, 0) is 24.4 Å². The maximum absolute atomic E-state index is 13.3. The van der Waals surface area contributed by atoms with Gasteiger partial charge in [-0.25, -0.2) is 8.42 Å². The van der Waals surface area contributed by atoms with Crippen molar-refractivity contribution < 1.29 is 22.8 Å². The summed E-state index contributed by atoms with van der Waals surface area (Å²) >= 11 is 7.05. The highest BCUT2D eigenvalue weighted by Crippen LogP contribution is 2.30. The Balaban J connectivity index is 2.28. The lowest BCUT2D eigenvalue weighted by atomic mass is 9.94. The van der Waals surface area contributed by atoms with E-state index in [1.54, 1.807) is 24.0 Å². The molecule has 2 atom stereocenters. The fourth-order valence-electron chi connectivity index (χ4n) is 3.79. The molecule has 3 amide bonds. The van der Waals surface area contributed by atoms with E-state index in [2.05, 4.69) is 4.72 Å². The number of likely N-dealkylation sites (tertiary alicyclic amines) is 1. The molecule has 1 aromatic rings. The van der Waals surface area contributed by atoms with Crippen molar-refractivity contribution in [2.24, 2.45) is 5.73 Å². The number of likely N-dealkylation sites (N-methyl/N-ethyl adjacent to an activating group) is 1. The largest absolute Gasteiger partial charge is 0.370 e. The third kappa shape index (κ3) is 6.09. The minimum atomic E-state index is -4.11. The van der Waals surface area contributed by atoms with Crippen LogP contribution in [-0.4, -0.2) is 66.7 Å². The Morgan fingerprint density at radius 3 is 2.53 bits per heavy atom. The first-order valence-corrected chi connectivity index (χ1v) is 12.9. The molecule has 12 heteroatoms. The summed E-state index contributed by atoms with van der Waals surface area (Å²) in [5.41, 5.74) is 3.60. The van der Waals surface area contributed by atoms with E-state index in [0.29, 0.717) is 15.8 Å². The zero-order valence-corrected chi connectivity index (χ0v) is 20.9. The van der Waals surface area contributed by atoms with Crippen molar-refractivity contribution in [3.05, 3.63) is 26.8 Å². The van der Waals surface area contributed by atoms with Crippen LogP contribution in [0.3, 0.4) is 0 Å². The van der Waals surface area contributed by atoms with Gasteiger partial charge in [-0.2, -0.15) is 4.72 Å². The van der Waals surface area contributed by atoms with Gasteiger partial charge >= 0.3 is 0 Å². The van der Waals surface area contributed by atoms with Gasteiger partial charge in [0.2, 0.25) is 27.7 Å². The predicted molar refractivity (Wildman–Crippen MR) is 125 cm³/mol. The maximum Gasteiger partial charge on any atom is 0.245 e. The molecule has 32 heavy (non-hydrogen) atoms. The monoisotopic (exact) mass is 504 g/mol. The lowest BCUT2D eigenvalue weighted by Gasteiger charge is -2.33. The molecule has 0 bridgehead atoms. The number of halogens is 1. The number of amides is 3. The van der Waals surface area contributed by atoms with E-state index in [4.69, 9.17) is 17.3 Å². The highest BCUT2D eigenvalue weighted by Gasteiger charge is 2.52. The Morgan fingerprint density at radius 2 is 2.03 bits per heavy atom. The number of nitrogens with one attached hydrogen (secondary N) is 1. The maximum atomic E-state index is 13.3. The Hall–Kier alpha value is -1.95. The number of sulfonamides is 1. The van der Waals surface area contributed by atoms with Crippen molar-refractivity contribution >= 4 is 56.8 Å². The minimum absolute atomic E-state index is 0.0120. The smallest absolute Gasteiger partial charge is 0.245 e. The molecule has 3 N–H and O–H groups in total. The molecule has 1 aliphatic rings. The number of thiophene rings is 1. The molecule has 9 nitrogen and oxygen atoms in total. The van der Waals surface area contributed by atoms with Crippen molar-refractivity contribution in [1.82, 2.24) is 14.5 Å². The summed E-state index contributed by atoms with van der Waals surface area (Å²) in [5, 5.41) is 0.917. The van der Waals surface area contributed by atoms with Gasteiger partial charge in [-0.15, -0.1) is 11.3 Å². The number of carbonyl (C=O) groups is 3. The van der Waals surface area contributed by atoms with Crippen LogP contribution in [0.5, 0.6) is 0 Å². The summed E-state index contributed by atoms with van der Waals surface area (Å²) in [6, 6.07) is 2.42. The molecule has 0 aromatic carbocycles. The molecule has 1 fully saturated rings. The van der Waals surface area contributed by atoms with Crippen LogP contribution >= 0.6 is 22.9 Å². The topological polar surface area (TPSA) is 130 Å². The van der Waals surface area contributed by atoms with Crippen LogP contribution in [0.2, 0.25) is 4.34 Å². The highest BCUT2D eigenvalue weighted by atomic mass is 35.5. The van der Waals surface area contributed by atoms with Crippen LogP contribution < -0.4 is 10.5 Å². The second kappa shape index (κ2) is 10.3. The van der Waals surface area contributed by atoms with Gasteiger partial charge in [-0.3, -0.25) is 14.4 Å². The van der Waals surface area contributed by atoms with Crippen molar-refractivity contribution in [3.8, 4) is 0 Å². The predicted octanol–water partition coefficient (Wildman–Crippen LogP) is 1.78. The summed E-state index contributed by atoms with van der Waals surface area (Å²) in [5.74, 6) is -1.72. The Bertz CT molecular complexity index is 1010. The molecule has 2 rings (SSSR count). The van der Waals surface area contributed by atoms with Gasteiger partial charge in [-0.05, 0) is 52.3 Å². The van der Waals surface area contributed by atoms with Crippen LogP contribution in [0.15, 0.2) is 17.5 Å². The summed E-state index contributed by atoms with van der Waals surface area (Å²) in [6.45, 7) is 7.77. The molecule has 1 saturated heterocycles. The van der Waals surface area contributed by atoms with Crippen LogP contribution in [0.4, 0.5) is 0 Å². The Labute approximate surface area is 197 Å². The molecule has 0 radical (unpaired) electrons. The molecule has 1 unspecified atom stereocenters. The Morgan fingerprint density at radius 1 is 1.38 bits per heavy atom. The van der Waals surface area contributed by atoms with Gasteiger partial charge in [0.1, 0.15) is 11.6 Å². The minimum Gasteiger partial charge on any atom is -0.370 e. The standard InChI is InChI=1S/C20H29ClN4O5S2/c1-5-24(13(2)3)18(27)14(4)25-10-9-20(19(25)28,12-17(22)26)23-32(29,30)11-8-15-6-7-16(21)31-15/h6-8,11,13-14,23H,5,9-10,12H2,1-4H3,(H2,22,26)/b11-8+/t14?,20-/m0/s1. The van der Waals surface area contributed by atoms with Crippen LogP contribution in [0.25, 0.3) is 6.08 Å². The van der Waals surface area contributed by atoms with E-state index in [1.165, 1.54) is 22.3 Å². The number of carbonyl (C=O) groups excluding carboxylic acids is 3. The average Bonchev–Trinajstić information content (AvgIpc) is 3.23. The van der Waals surface area contributed by atoms with Crippen molar-refractivity contribution in [1.29, 1.82) is 0 Å². The van der Waals surface area contributed by atoms with Gasteiger partial charge in [0.05, 0.1) is 10.8 Å². The Kier molecular flexibility index (Phi) is 8.49. The van der Waals surface area contributed by atoms with Crippen molar-refractivity contribution in [2.45, 2.75) is 58.2 Å². The molecule has 178 valence electrons. The van der Waals surface area contributed by atoms with E-state index in [1.807, 2.05) is 20.8 Å². The SMILES string of the molecule is CCN(C(=O)C(C)N1CC[C@@](CC(N)=O)(NS(=O)(=O)/C=C/c2ccc(Cl)s2)C1=O)C(C)C. The molecule has 1 aromatic heterocycles. The molecule has 0 spiro atoms. The van der Waals surface area contributed by atoms with Gasteiger partial charge in [0.15, 0.2) is 0 Å². The third-order valence-corrected chi connectivity index (χ3v) is 7.71. The lowest BCUT2D eigenvalue weighted by Crippen LogP contribution is -2.58. The summed E-state index contributed by atoms with van der Waals surface area (Å²) in [7, 11) is -4.11. The second-order valence-corrected chi connectivity index (χ2v) is 11.3. The zero-order chi connectivity index (χ0) is 24.3. The summed E-state index contributed by atoms with van der Waals surface area (Å²) in [6.07, 6.45) is 0.850. The lowest BCUT2D eigenvalue weighted by molar-refractivity contribution is -0.146. The van der Waals surface area contributed by atoms with E-state index >= 15 is 0 Å². The number of rotatable bonds is 10. The first kappa shape index (κ1) is 26.3. The zero-order valence-electron chi connectivity index (χ0n) is 18.5. The van der Waals surface area contributed by atoms with Crippen LogP contribution in [0, 0.1) is 0 Å². The third-order valence-electron chi connectivity index (χ3n) is 5.34. The van der Waals surface area contributed by atoms with Crippen molar-refractivity contribution in [3.63, 3.8) is 0 Å². The van der Waals surface area contributed by atoms with E-state index in [-0.39, 0.29) is 24.9 Å².